The third-order valence-corrected chi connectivity index (χ3v) is 3.35. The van der Waals surface area contributed by atoms with E-state index in [-0.39, 0.29) is 5.82 Å². The van der Waals surface area contributed by atoms with Gasteiger partial charge in [-0.25, -0.2) is 15.0 Å². The molecule has 20 heavy (non-hydrogen) atoms. The maximum atomic E-state index is 10.0. The van der Waals surface area contributed by atoms with Crippen molar-refractivity contribution in [2.75, 3.05) is 12.3 Å². The number of nitrogens with zero attached hydrogens (tertiary/aromatic N) is 4. The summed E-state index contributed by atoms with van der Waals surface area (Å²) >= 11 is 0. The van der Waals surface area contributed by atoms with E-state index in [1.165, 1.54) is 10.9 Å². The average Bonchev–Trinajstić information content (AvgIpc) is 2.93. The first kappa shape index (κ1) is 13.2. The predicted octanol–water partition coefficient (Wildman–Crippen LogP) is -1.67. The van der Waals surface area contributed by atoms with Gasteiger partial charge in [0.05, 0.1) is 12.9 Å². The molecule has 3 rings (SSSR count). The summed E-state index contributed by atoms with van der Waals surface area (Å²) in [5, 5.41) is 28.9. The van der Waals surface area contributed by atoms with Crippen molar-refractivity contribution in [3.05, 3.63) is 12.2 Å². The van der Waals surface area contributed by atoms with Crippen LogP contribution in [0, 0.1) is 6.92 Å². The molecule has 3 heterocycles. The third-order valence-electron chi connectivity index (χ3n) is 3.35. The Morgan fingerprint density at radius 1 is 1.35 bits per heavy atom. The Bertz CT molecular complexity index is 645. The van der Waals surface area contributed by atoms with Gasteiger partial charge in [0.15, 0.2) is 17.7 Å². The standard InChI is InChI=1S/C11H15N5O4/c1-4-14-9(12)6-10(15-4)16(3-13-6)11-8(19)7(18)5(2-17)20-11/h3,5,7-8,11,17-19H,2H2,1H3,(H2,12,14,15)/t5-,7+,8+,11+/m0/s1. The summed E-state index contributed by atoms with van der Waals surface area (Å²) < 4.78 is 6.92. The highest BCUT2D eigenvalue weighted by molar-refractivity contribution is 5.81. The van der Waals surface area contributed by atoms with E-state index in [0.29, 0.717) is 17.0 Å². The number of aliphatic hydroxyl groups excluding tert-OH is 3. The minimum atomic E-state index is -1.19. The van der Waals surface area contributed by atoms with Crippen LogP contribution in [0.25, 0.3) is 11.2 Å². The second-order valence-electron chi connectivity index (χ2n) is 4.71. The molecule has 0 unspecified atom stereocenters. The molecule has 1 saturated heterocycles. The second-order valence-corrected chi connectivity index (χ2v) is 4.71. The molecule has 4 atom stereocenters. The molecule has 0 saturated carbocycles. The molecular formula is C11H15N5O4. The number of aryl methyl sites for hydroxylation is 1. The number of imidazole rings is 1. The van der Waals surface area contributed by atoms with Crippen LogP contribution in [0.3, 0.4) is 0 Å². The van der Waals surface area contributed by atoms with Crippen molar-refractivity contribution in [3.8, 4) is 0 Å². The van der Waals surface area contributed by atoms with Crippen LogP contribution in [-0.2, 0) is 4.74 Å². The van der Waals surface area contributed by atoms with Crippen molar-refractivity contribution in [1.29, 1.82) is 0 Å². The minimum Gasteiger partial charge on any atom is -0.394 e. The Kier molecular flexibility index (Phi) is 3.05. The smallest absolute Gasteiger partial charge is 0.167 e. The Morgan fingerprint density at radius 3 is 2.75 bits per heavy atom. The van der Waals surface area contributed by atoms with Gasteiger partial charge in [0, 0.05) is 0 Å². The van der Waals surface area contributed by atoms with Crippen molar-refractivity contribution >= 4 is 17.0 Å². The fraction of sp³-hybridized carbons (Fsp3) is 0.545. The van der Waals surface area contributed by atoms with Gasteiger partial charge in [-0.05, 0) is 6.92 Å². The predicted molar refractivity (Wildman–Crippen MR) is 67.5 cm³/mol. The van der Waals surface area contributed by atoms with Crippen molar-refractivity contribution in [2.24, 2.45) is 0 Å². The van der Waals surface area contributed by atoms with Gasteiger partial charge in [-0.3, -0.25) is 4.57 Å². The molecule has 2 aromatic heterocycles. The number of fused-ring (bicyclic) bond motifs is 1. The largest absolute Gasteiger partial charge is 0.394 e. The lowest BCUT2D eigenvalue weighted by Crippen LogP contribution is -2.33. The fourth-order valence-electron chi connectivity index (χ4n) is 2.35. The molecule has 0 spiro atoms. The highest BCUT2D eigenvalue weighted by Crippen LogP contribution is 2.31. The molecular weight excluding hydrogens is 266 g/mol. The Labute approximate surface area is 113 Å². The van der Waals surface area contributed by atoms with E-state index in [9.17, 15) is 10.2 Å². The van der Waals surface area contributed by atoms with Crippen LogP contribution in [0.5, 0.6) is 0 Å². The van der Waals surface area contributed by atoms with E-state index in [1.54, 1.807) is 6.92 Å². The number of rotatable bonds is 2. The van der Waals surface area contributed by atoms with Gasteiger partial charge in [-0.1, -0.05) is 0 Å². The van der Waals surface area contributed by atoms with Crippen LogP contribution in [0.2, 0.25) is 0 Å². The Morgan fingerprint density at radius 2 is 2.10 bits per heavy atom. The Hall–Kier alpha value is -1.81. The molecule has 0 radical (unpaired) electrons. The van der Waals surface area contributed by atoms with E-state index in [1.807, 2.05) is 0 Å². The van der Waals surface area contributed by atoms with Crippen LogP contribution >= 0.6 is 0 Å². The Balaban J connectivity index is 2.07. The third kappa shape index (κ3) is 1.83. The molecule has 1 fully saturated rings. The minimum absolute atomic E-state index is 0.234. The SMILES string of the molecule is Cc1nc(N)c2ncn([C@@H]3O[C@@H](CO)[C@@H](O)[C@H]3O)c2n1. The molecule has 5 N–H and O–H groups in total. The molecule has 108 valence electrons. The summed E-state index contributed by atoms with van der Waals surface area (Å²) in [7, 11) is 0. The number of hydrogen-bond acceptors (Lipinski definition) is 8. The van der Waals surface area contributed by atoms with Crippen molar-refractivity contribution in [1.82, 2.24) is 19.5 Å². The maximum Gasteiger partial charge on any atom is 0.167 e. The lowest BCUT2D eigenvalue weighted by molar-refractivity contribution is -0.0511. The van der Waals surface area contributed by atoms with E-state index < -0.39 is 31.1 Å². The van der Waals surface area contributed by atoms with Gasteiger partial charge in [0.1, 0.15) is 29.7 Å². The summed E-state index contributed by atoms with van der Waals surface area (Å²) in [4.78, 5) is 12.3. The molecule has 1 aliphatic heterocycles. The summed E-state index contributed by atoms with van der Waals surface area (Å²) in [6, 6.07) is 0. The molecule has 2 aromatic rings. The van der Waals surface area contributed by atoms with Crippen LogP contribution in [-0.4, -0.2) is 59.8 Å². The van der Waals surface area contributed by atoms with Crippen LogP contribution < -0.4 is 5.73 Å². The number of nitrogens with two attached hydrogens (primary N) is 1. The summed E-state index contributed by atoms with van der Waals surface area (Å²) in [5.74, 6) is 0.696. The van der Waals surface area contributed by atoms with Crippen LogP contribution in [0.1, 0.15) is 12.1 Å². The summed E-state index contributed by atoms with van der Waals surface area (Å²) in [5.41, 5.74) is 6.57. The number of ether oxygens (including phenoxy) is 1. The number of hydrogen-bond donors (Lipinski definition) is 4. The van der Waals surface area contributed by atoms with Gasteiger partial charge in [-0.2, -0.15) is 0 Å². The number of nitrogen functional groups attached to an aromatic ring is 1. The molecule has 0 amide bonds. The highest BCUT2D eigenvalue weighted by atomic mass is 16.6. The fourth-order valence-corrected chi connectivity index (χ4v) is 2.35. The average molecular weight is 281 g/mol. The maximum absolute atomic E-state index is 10.0. The monoisotopic (exact) mass is 281 g/mol. The quantitative estimate of drug-likeness (QED) is 0.512. The summed E-state index contributed by atoms with van der Waals surface area (Å²) in [6.07, 6.45) is -2.70. The number of aromatic nitrogens is 4. The van der Waals surface area contributed by atoms with E-state index in [4.69, 9.17) is 15.6 Å². The molecule has 0 aliphatic carbocycles. The van der Waals surface area contributed by atoms with Gasteiger partial charge >= 0.3 is 0 Å². The lowest BCUT2D eigenvalue weighted by Gasteiger charge is -2.16. The van der Waals surface area contributed by atoms with Gasteiger partial charge in [0.25, 0.3) is 0 Å². The number of anilines is 1. The van der Waals surface area contributed by atoms with E-state index in [2.05, 4.69) is 15.0 Å². The van der Waals surface area contributed by atoms with Gasteiger partial charge in [0.2, 0.25) is 0 Å². The normalized spacial score (nSPS) is 30.2. The van der Waals surface area contributed by atoms with Crippen LogP contribution in [0.4, 0.5) is 5.82 Å². The first-order chi connectivity index (χ1) is 9.52. The molecule has 0 bridgehead atoms. The molecule has 1 aliphatic rings. The lowest BCUT2D eigenvalue weighted by atomic mass is 10.1. The van der Waals surface area contributed by atoms with Gasteiger partial charge in [-0.15, -0.1) is 0 Å². The van der Waals surface area contributed by atoms with E-state index in [0.717, 1.165) is 0 Å². The molecule has 9 heteroatoms. The summed E-state index contributed by atoms with van der Waals surface area (Å²) in [6.45, 7) is 1.29. The molecule has 0 aromatic carbocycles. The zero-order valence-corrected chi connectivity index (χ0v) is 10.7. The van der Waals surface area contributed by atoms with Crippen molar-refractivity contribution in [3.63, 3.8) is 0 Å². The zero-order valence-electron chi connectivity index (χ0n) is 10.7. The topological polar surface area (TPSA) is 140 Å². The number of aliphatic hydroxyl groups is 3. The highest BCUT2D eigenvalue weighted by Gasteiger charge is 2.44. The van der Waals surface area contributed by atoms with Crippen LogP contribution in [0.15, 0.2) is 6.33 Å². The molecule has 9 nitrogen and oxygen atoms in total. The van der Waals surface area contributed by atoms with Crippen molar-refractivity contribution in [2.45, 2.75) is 31.5 Å². The zero-order chi connectivity index (χ0) is 14.4. The first-order valence-electron chi connectivity index (χ1n) is 6.12. The van der Waals surface area contributed by atoms with E-state index >= 15 is 0 Å². The first-order valence-corrected chi connectivity index (χ1v) is 6.12. The van der Waals surface area contributed by atoms with Gasteiger partial charge < -0.3 is 25.8 Å². The second kappa shape index (κ2) is 4.63. The van der Waals surface area contributed by atoms with Crippen molar-refractivity contribution < 1.29 is 20.1 Å².